The fraction of sp³-hybridized carbons (Fsp3) is 1.00. The molecule has 1 rings (SSSR count). The Balaban J connectivity index is 0.000000105. The summed E-state index contributed by atoms with van der Waals surface area (Å²) >= 11 is -1.75. The van der Waals surface area contributed by atoms with Crippen LogP contribution < -0.4 is 0 Å². The molecule has 0 nitrogen and oxygen atoms in total. The molecular formula is C3H6Cl3Ru. The first kappa shape index (κ1) is 8.49. The number of hydrogen-bond acceptors (Lipinski definition) is 0. The number of rotatable bonds is 0. The Morgan fingerprint density at radius 2 is 1.00 bits per heavy atom. The van der Waals surface area contributed by atoms with Crippen LogP contribution in [0.1, 0.15) is 19.3 Å². The molecule has 0 unspecified atom stereocenters. The van der Waals surface area contributed by atoms with Crippen LogP contribution in [0.25, 0.3) is 0 Å². The molecule has 0 saturated heterocycles. The molecule has 0 heterocycles. The molecule has 0 aromatic heterocycles. The van der Waals surface area contributed by atoms with Crippen LogP contribution in [-0.4, -0.2) is 0 Å². The molecule has 0 bridgehead atoms. The van der Waals surface area contributed by atoms with Gasteiger partial charge >= 0.3 is 42.1 Å². The van der Waals surface area contributed by atoms with Gasteiger partial charge in [-0.25, -0.2) is 0 Å². The van der Waals surface area contributed by atoms with Crippen molar-refractivity contribution in [2.24, 2.45) is 0 Å². The summed E-state index contributed by atoms with van der Waals surface area (Å²) in [5.41, 5.74) is 0. The molecule has 0 atom stereocenters. The molecule has 1 aliphatic carbocycles. The van der Waals surface area contributed by atoms with Crippen molar-refractivity contribution in [1.82, 2.24) is 0 Å². The summed E-state index contributed by atoms with van der Waals surface area (Å²) in [5.74, 6) is 0. The van der Waals surface area contributed by atoms with Crippen LogP contribution in [0.3, 0.4) is 0 Å². The maximum absolute atomic E-state index is 4.95. The van der Waals surface area contributed by atoms with E-state index in [9.17, 15) is 0 Å². The van der Waals surface area contributed by atoms with Crippen LogP contribution in [0.2, 0.25) is 0 Å². The van der Waals surface area contributed by atoms with Gasteiger partial charge in [0.2, 0.25) is 0 Å². The standard InChI is InChI=1S/C3H6.3ClH.Ru/c1-2-3-1;;;;/h1-3H2;3*1H;/q;;;;+3/p-3. The zero-order valence-electron chi connectivity index (χ0n) is 3.61. The van der Waals surface area contributed by atoms with Gasteiger partial charge in [0, 0.05) is 0 Å². The van der Waals surface area contributed by atoms with Crippen molar-refractivity contribution >= 4 is 29.1 Å². The van der Waals surface area contributed by atoms with Crippen LogP contribution in [0.5, 0.6) is 0 Å². The molecule has 0 aromatic rings. The van der Waals surface area contributed by atoms with Crippen molar-refractivity contribution in [2.75, 3.05) is 0 Å². The van der Waals surface area contributed by atoms with Gasteiger partial charge in [-0.05, 0) is 0 Å². The van der Waals surface area contributed by atoms with Crippen molar-refractivity contribution in [3.63, 3.8) is 0 Å². The predicted octanol–water partition coefficient (Wildman–Crippen LogP) is 3.24. The Labute approximate surface area is 61.2 Å². The fourth-order valence-corrected chi connectivity index (χ4v) is 0. The van der Waals surface area contributed by atoms with E-state index in [1.807, 2.05) is 0 Å². The van der Waals surface area contributed by atoms with Crippen molar-refractivity contribution < 1.29 is 13.0 Å². The van der Waals surface area contributed by atoms with Crippen LogP contribution in [0, 0.1) is 0 Å². The normalized spacial score (nSPS) is 16.7. The molecule has 0 N–H and O–H groups in total. The van der Waals surface area contributed by atoms with Crippen molar-refractivity contribution in [3.05, 3.63) is 0 Å². The van der Waals surface area contributed by atoms with E-state index < -0.39 is 13.0 Å². The molecule has 0 radical (unpaired) electrons. The first-order valence-corrected chi connectivity index (χ1v) is 8.62. The SMILES string of the molecule is C1CC1.[Cl][Ru]([Cl])[Cl]. The molecule has 0 aliphatic heterocycles. The van der Waals surface area contributed by atoms with Crippen LogP contribution in [0.15, 0.2) is 0 Å². The van der Waals surface area contributed by atoms with E-state index >= 15 is 0 Å². The van der Waals surface area contributed by atoms with Gasteiger partial charge in [-0.2, -0.15) is 0 Å². The zero-order valence-corrected chi connectivity index (χ0v) is 7.61. The van der Waals surface area contributed by atoms with Crippen LogP contribution in [-0.2, 0) is 13.0 Å². The Kier molecular flexibility index (Phi) is 6.83. The van der Waals surface area contributed by atoms with Gasteiger partial charge in [0.05, 0.1) is 0 Å². The topological polar surface area (TPSA) is 0 Å². The van der Waals surface area contributed by atoms with E-state index in [0.717, 1.165) is 0 Å². The van der Waals surface area contributed by atoms with Crippen LogP contribution in [0.4, 0.5) is 0 Å². The van der Waals surface area contributed by atoms with E-state index in [2.05, 4.69) is 0 Å². The molecule has 0 aromatic carbocycles. The second-order valence-corrected chi connectivity index (χ2v) is 9.13. The summed E-state index contributed by atoms with van der Waals surface area (Å²) in [5, 5.41) is 0. The van der Waals surface area contributed by atoms with Crippen molar-refractivity contribution in [2.45, 2.75) is 19.3 Å². The van der Waals surface area contributed by atoms with Crippen molar-refractivity contribution in [3.8, 4) is 0 Å². The van der Waals surface area contributed by atoms with E-state index in [-0.39, 0.29) is 0 Å². The molecule has 47 valence electrons. The first-order chi connectivity index (χ1) is 3.23. The third-order valence-electron chi connectivity index (χ3n) is 0.354. The molecule has 4 heteroatoms. The summed E-state index contributed by atoms with van der Waals surface area (Å²) in [6.07, 6.45) is 4.50. The molecular weight excluding hydrogens is 243 g/mol. The zero-order chi connectivity index (χ0) is 5.70. The monoisotopic (exact) mass is 249 g/mol. The van der Waals surface area contributed by atoms with Gasteiger partial charge in [-0.15, -0.1) is 0 Å². The summed E-state index contributed by atoms with van der Waals surface area (Å²) in [6, 6.07) is 0. The quantitative estimate of drug-likeness (QED) is 0.578. The fourth-order valence-electron chi connectivity index (χ4n) is 0. The van der Waals surface area contributed by atoms with E-state index in [0.29, 0.717) is 0 Å². The van der Waals surface area contributed by atoms with Gasteiger partial charge < -0.3 is 0 Å². The Morgan fingerprint density at radius 1 is 0.857 bits per heavy atom. The Hall–Kier alpha value is 1.49. The first-order valence-electron chi connectivity index (χ1n) is 1.90. The molecule has 1 fully saturated rings. The van der Waals surface area contributed by atoms with E-state index in [4.69, 9.17) is 29.1 Å². The Morgan fingerprint density at radius 3 is 1.00 bits per heavy atom. The van der Waals surface area contributed by atoms with Gasteiger partial charge in [-0.3, -0.25) is 0 Å². The Bertz CT molecular complexity index is 31.7. The van der Waals surface area contributed by atoms with Gasteiger partial charge in [0.25, 0.3) is 0 Å². The third-order valence-corrected chi connectivity index (χ3v) is 0.354. The minimum atomic E-state index is -1.75. The predicted molar refractivity (Wildman–Crippen MR) is 31.4 cm³/mol. The average molecular weight is 250 g/mol. The average Bonchev–Trinajstić information content (AvgIpc) is 2.02. The van der Waals surface area contributed by atoms with Gasteiger partial charge in [0.15, 0.2) is 0 Å². The van der Waals surface area contributed by atoms with Gasteiger partial charge in [0.1, 0.15) is 0 Å². The van der Waals surface area contributed by atoms with Crippen molar-refractivity contribution in [1.29, 1.82) is 0 Å². The molecule has 7 heavy (non-hydrogen) atoms. The second-order valence-electron chi connectivity index (χ2n) is 1.21. The van der Waals surface area contributed by atoms with E-state index in [1.54, 1.807) is 0 Å². The third kappa shape index (κ3) is 36.4. The maximum atomic E-state index is 4.95. The summed E-state index contributed by atoms with van der Waals surface area (Å²) < 4.78 is 0. The van der Waals surface area contributed by atoms with E-state index in [1.165, 1.54) is 19.3 Å². The number of halogens is 3. The molecule has 0 spiro atoms. The van der Waals surface area contributed by atoms with Gasteiger partial charge in [-0.1, -0.05) is 19.3 Å². The summed E-state index contributed by atoms with van der Waals surface area (Å²) in [7, 11) is 14.8. The summed E-state index contributed by atoms with van der Waals surface area (Å²) in [6.45, 7) is 0. The molecule has 1 aliphatic rings. The summed E-state index contributed by atoms with van der Waals surface area (Å²) in [4.78, 5) is 0. The second kappa shape index (κ2) is 5.63. The number of hydrogen-bond donors (Lipinski definition) is 0. The molecule has 0 amide bonds. The molecule has 1 saturated carbocycles. The minimum absolute atomic E-state index is 1.50. The van der Waals surface area contributed by atoms with Crippen LogP contribution >= 0.6 is 29.1 Å².